The molecule has 0 radical (unpaired) electrons. The van der Waals surface area contributed by atoms with E-state index in [2.05, 4.69) is 0 Å². The molecule has 3 rings (SSSR count). The van der Waals surface area contributed by atoms with E-state index in [1.807, 2.05) is 37.3 Å². The maximum Gasteiger partial charge on any atom is 0.344 e. The first kappa shape index (κ1) is 14.3. The fraction of sp³-hybridized carbons (Fsp3) is 0.222. The molecule has 3 aromatic rings. The standard InChI is InChI=1S/C18H16O4/c1-10-16(21-12(3)11(2)19)9-8-14-13-6-4-5-7-15(13)18(20)22-17(10)14/h4-9,12H,1-3H3/t12-/m1/s1. The average Bonchev–Trinajstić information content (AvgIpc) is 2.51. The van der Waals surface area contributed by atoms with Gasteiger partial charge in [0.2, 0.25) is 0 Å². The van der Waals surface area contributed by atoms with Crippen molar-refractivity contribution in [2.45, 2.75) is 26.9 Å². The molecule has 1 heterocycles. The lowest BCUT2D eigenvalue weighted by Crippen LogP contribution is -2.21. The van der Waals surface area contributed by atoms with Gasteiger partial charge < -0.3 is 9.15 Å². The Labute approximate surface area is 127 Å². The van der Waals surface area contributed by atoms with Gasteiger partial charge in [-0.3, -0.25) is 4.79 Å². The van der Waals surface area contributed by atoms with Crippen LogP contribution in [0.5, 0.6) is 5.75 Å². The van der Waals surface area contributed by atoms with Crippen molar-refractivity contribution >= 4 is 27.5 Å². The second kappa shape index (κ2) is 5.30. The van der Waals surface area contributed by atoms with Crippen LogP contribution in [-0.4, -0.2) is 11.9 Å². The fourth-order valence-electron chi connectivity index (χ4n) is 2.46. The van der Waals surface area contributed by atoms with Gasteiger partial charge in [0.15, 0.2) is 11.9 Å². The number of hydrogen-bond acceptors (Lipinski definition) is 4. The number of rotatable bonds is 3. The number of hydrogen-bond donors (Lipinski definition) is 0. The quantitative estimate of drug-likeness (QED) is 0.547. The third-order valence-electron chi connectivity index (χ3n) is 3.86. The van der Waals surface area contributed by atoms with Gasteiger partial charge in [-0.2, -0.15) is 0 Å². The van der Waals surface area contributed by atoms with Crippen LogP contribution in [-0.2, 0) is 4.79 Å². The summed E-state index contributed by atoms with van der Waals surface area (Å²) in [5.41, 5.74) is 0.841. The molecule has 0 saturated carbocycles. The molecule has 0 aliphatic carbocycles. The monoisotopic (exact) mass is 296 g/mol. The van der Waals surface area contributed by atoms with Gasteiger partial charge >= 0.3 is 5.63 Å². The van der Waals surface area contributed by atoms with Crippen LogP contribution in [0.4, 0.5) is 0 Å². The van der Waals surface area contributed by atoms with Gasteiger partial charge in [0, 0.05) is 10.9 Å². The van der Waals surface area contributed by atoms with Crippen molar-refractivity contribution in [3.8, 4) is 5.75 Å². The summed E-state index contributed by atoms with van der Waals surface area (Å²) in [5.74, 6) is 0.494. The number of benzene rings is 2. The molecule has 0 unspecified atom stereocenters. The number of carbonyl (C=O) groups excluding carboxylic acids is 1. The van der Waals surface area contributed by atoms with Gasteiger partial charge in [0.05, 0.1) is 5.39 Å². The van der Waals surface area contributed by atoms with Crippen molar-refractivity contribution in [2.75, 3.05) is 0 Å². The van der Waals surface area contributed by atoms with Crippen LogP contribution < -0.4 is 10.4 Å². The molecule has 22 heavy (non-hydrogen) atoms. The zero-order valence-corrected chi connectivity index (χ0v) is 12.7. The number of carbonyl (C=O) groups is 1. The van der Waals surface area contributed by atoms with E-state index in [9.17, 15) is 9.59 Å². The van der Waals surface area contributed by atoms with Gasteiger partial charge in [0.25, 0.3) is 0 Å². The van der Waals surface area contributed by atoms with Gasteiger partial charge in [-0.1, -0.05) is 18.2 Å². The first-order valence-electron chi connectivity index (χ1n) is 7.11. The molecule has 0 amide bonds. The first-order chi connectivity index (χ1) is 10.5. The Bertz CT molecular complexity index is 937. The Morgan fingerprint density at radius 1 is 1.09 bits per heavy atom. The van der Waals surface area contributed by atoms with Crippen LogP contribution in [0.15, 0.2) is 45.6 Å². The second-order valence-corrected chi connectivity index (χ2v) is 5.37. The predicted molar refractivity (Wildman–Crippen MR) is 85.5 cm³/mol. The molecule has 0 aliphatic rings. The summed E-state index contributed by atoms with van der Waals surface area (Å²) in [6.45, 7) is 5.00. The Morgan fingerprint density at radius 2 is 1.77 bits per heavy atom. The molecule has 0 aliphatic heterocycles. The van der Waals surface area contributed by atoms with Crippen molar-refractivity contribution in [1.29, 1.82) is 0 Å². The molecule has 4 heteroatoms. The molecule has 0 saturated heterocycles. The van der Waals surface area contributed by atoms with Crippen LogP contribution in [0.1, 0.15) is 19.4 Å². The Balaban J connectivity index is 2.26. The molecule has 0 spiro atoms. The van der Waals surface area contributed by atoms with E-state index < -0.39 is 6.10 Å². The summed E-state index contributed by atoms with van der Waals surface area (Å²) in [4.78, 5) is 23.5. The minimum absolute atomic E-state index is 0.0561. The second-order valence-electron chi connectivity index (χ2n) is 5.37. The summed E-state index contributed by atoms with van der Waals surface area (Å²) >= 11 is 0. The van der Waals surface area contributed by atoms with Crippen LogP contribution in [0.25, 0.3) is 21.7 Å². The van der Waals surface area contributed by atoms with E-state index in [0.29, 0.717) is 22.3 Å². The lowest BCUT2D eigenvalue weighted by atomic mass is 10.0. The zero-order valence-electron chi connectivity index (χ0n) is 12.7. The van der Waals surface area contributed by atoms with Gasteiger partial charge in [0.1, 0.15) is 11.3 Å². The zero-order chi connectivity index (χ0) is 15.9. The van der Waals surface area contributed by atoms with E-state index in [-0.39, 0.29) is 11.4 Å². The third kappa shape index (κ3) is 2.26. The smallest absolute Gasteiger partial charge is 0.344 e. The Morgan fingerprint density at radius 3 is 2.45 bits per heavy atom. The van der Waals surface area contributed by atoms with Crippen LogP contribution in [0.3, 0.4) is 0 Å². The minimum Gasteiger partial charge on any atom is -0.483 e. The molecule has 1 atom stereocenters. The van der Waals surface area contributed by atoms with Crippen molar-refractivity contribution in [2.24, 2.45) is 0 Å². The Kier molecular flexibility index (Phi) is 3.45. The molecule has 0 bridgehead atoms. The SMILES string of the molecule is CC(=O)[C@@H](C)Oc1ccc2c(oc(=O)c3ccccc32)c1C. The molecular weight excluding hydrogens is 280 g/mol. The number of aryl methyl sites for hydroxylation is 1. The fourth-order valence-corrected chi connectivity index (χ4v) is 2.46. The molecule has 0 N–H and O–H groups in total. The summed E-state index contributed by atoms with van der Waals surface area (Å²) < 4.78 is 11.1. The summed E-state index contributed by atoms with van der Waals surface area (Å²) in [6, 6.07) is 11.0. The molecule has 2 aromatic carbocycles. The molecule has 0 fully saturated rings. The van der Waals surface area contributed by atoms with Crippen LogP contribution >= 0.6 is 0 Å². The topological polar surface area (TPSA) is 56.5 Å². The average molecular weight is 296 g/mol. The lowest BCUT2D eigenvalue weighted by molar-refractivity contribution is -0.122. The summed E-state index contributed by atoms with van der Waals surface area (Å²) in [6.07, 6.45) is -0.539. The normalized spacial score (nSPS) is 12.5. The highest BCUT2D eigenvalue weighted by atomic mass is 16.5. The predicted octanol–water partition coefficient (Wildman–Crippen LogP) is 3.61. The van der Waals surface area contributed by atoms with E-state index in [1.54, 1.807) is 13.0 Å². The van der Waals surface area contributed by atoms with Crippen LogP contribution in [0, 0.1) is 6.92 Å². The van der Waals surface area contributed by atoms with Gasteiger partial charge in [-0.15, -0.1) is 0 Å². The lowest BCUT2D eigenvalue weighted by Gasteiger charge is -2.15. The largest absolute Gasteiger partial charge is 0.483 e. The highest BCUT2D eigenvalue weighted by Gasteiger charge is 2.15. The Hall–Kier alpha value is -2.62. The molecular formula is C18H16O4. The number of ether oxygens (including phenoxy) is 1. The highest BCUT2D eigenvalue weighted by molar-refractivity contribution is 6.05. The van der Waals surface area contributed by atoms with Gasteiger partial charge in [-0.25, -0.2) is 4.79 Å². The van der Waals surface area contributed by atoms with E-state index in [0.717, 1.165) is 10.8 Å². The van der Waals surface area contributed by atoms with Crippen molar-refractivity contribution in [1.82, 2.24) is 0 Å². The number of fused-ring (bicyclic) bond motifs is 3. The van der Waals surface area contributed by atoms with E-state index >= 15 is 0 Å². The molecule has 4 nitrogen and oxygen atoms in total. The van der Waals surface area contributed by atoms with Crippen LogP contribution in [0.2, 0.25) is 0 Å². The molecule has 1 aromatic heterocycles. The van der Waals surface area contributed by atoms with E-state index in [1.165, 1.54) is 6.92 Å². The first-order valence-corrected chi connectivity index (χ1v) is 7.11. The number of Topliss-reactive ketones (excluding diaryl/α,β-unsaturated/α-hetero) is 1. The number of ketones is 1. The van der Waals surface area contributed by atoms with Crippen molar-refractivity contribution in [3.63, 3.8) is 0 Å². The summed E-state index contributed by atoms with van der Waals surface area (Å²) in [5, 5.41) is 2.26. The maximum absolute atomic E-state index is 12.1. The highest BCUT2D eigenvalue weighted by Crippen LogP contribution is 2.31. The molecule has 112 valence electrons. The minimum atomic E-state index is -0.539. The third-order valence-corrected chi connectivity index (χ3v) is 3.86. The van der Waals surface area contributed by atoms with Crippen molar-refractivity contribution in [3.05, 3.63) is 52.4 Å². The van der Waals surface area contributed by atoms with E-state index in [4.69, 9.17) is 9.15 Å². The van der Waals surface area contributed by atoms with Gasteiger partial charge in [-0.05, 0) is 44.4 Å². The maximum atomic E-state index is 12.1. The summed E-state index contributed by atoms with van der Waals surface area (Å²) in [7, 11) is 0. The van der Waals surface area contributed by atoms with Crippen molar-refractivity contribution < 1.29 is 13.9 Å².